The van der Waals surface area contributed by atoms with Gasteiger partial charge in [-0.1, -0.05) is 12.1 Å². The van der Waals surface area contributed by atoms with E-state index in [0.717, 1.165) is 5.56 Å². The van der Waals surface area contributed by atoms with Gasteiger partial charge in [-0.05, 0) is 24.6 Å². The normalized spacial score (nSPS) is 11.4. The quantitative estimate of drug-likeness (QED) is 0.726. The monoisotopic (exact) mass is 216 g/mol. The Morgan fingerprint density at radius 2 is 1.86 bits per heavy atom. The lowest BCUT2D eigenvalue weighted by molar-refractivity contribution is 0.211. The minimum Gasteiger partial charge on any atom is -0.404 e. The standard InChI is InChI=1S/C9H13O4P/c1-8-5-4-6-9(7-8)13-14(10,11-2)12-3/h4-7H,1-3H3. The summed E-state index contributed by atoms with van der Waals surface area (Å²) in [6.07, 6.45) is 0. The lowest BCUT2D eigenvalue weighted by atomic mass is 10.2. The van der Waals surface area contributed by atoms with Gasteiger partial charge < -0.3 is 4.52 Å². The van der Waals surface area contributed by atoms with Gasteiger partial charge in [0.25, 0.3) is 0 Å². The molecule has 0 aromatic heterocycles. The Bertz CT molecular complexity index is 342. The van der Waals surface area contributed by atoms with E-state index < -0.39 is 7.82 Å². The lowest BCUT2D eigenvalue weighted by Gasteiger charge is -2.14. The largest absolute Gasteiger partial charge is 0.529 e. The van der Waals surface area contributed by atoms with Crippen LogP contribution in [0, 0.1) is 6.92 Å². The summed E-state index contributed by atoms with van der Waals surface area (Å²) >= 11 is 0. The molecule has 14 heavy (non-hydrogen) atoms. The molecule has 0 saturated heterocycles. The van der Waals surface area contributed by atoms with Crippen LogP contribution in [0.2, 0.25) is 0 Å². The molecule has 0 atom stereocenters. The third kappa shape index (κ3) is 2.84. The van der Waals surface area contributed by atoms with E-state index in [4.69, 9.17) is 4.52 Å². The van der Waals surface area contributed by atoms with Crippen LogP contribution >= 0.6 is 7.82 Å². The van der Waals surface area contributed by atoms with Crippen molar-refractivity contribution in [2.45, 2.75) is 6.92 Å². The first-order valence-corrected chi connectivity index (χ1v) is 5.53. The first-order chi connectivity index (χ1) is 6.59. The fourth-order valence-electron chi connectivity index (χ4n) is 0.950. The molecule has 0 saturated carbocycles. The van der Waals surface area contributed by atoms with Crippen LogP contribution in [0.3, 0.4) is 0 Å². The zero-order valence-corrected chi connectivity index (χ0v) is 9.28. The molecule has 1 aromatic carbocycles. The second-order valence-electron chi connectivity index (χ2n) is 2.72. The van der Waals surface area contributed by atoms with Crippen LogP contribution < -0.4 is 4.52 Å². The van der Waals surface area contributed by atoms with Gasteiger partial charge in [-0.25, -0.2) is 4.57 Å². The van der Waals surface area contributed by atoms with Crippen molar-refractivity contribution >= 4 is 7.82 Å². The van der Waals surface area contributed by atoms with Crippen molar-refractivity contribution in [3.63, 3.8) is 0 Å². The van der Waals surface area contributed by atoms with Crippen molar-refractivity contribution < 1.29 is 18.1 Å². The SMILES string of the molecule is COP(=O)(OC)Oc1cccc(C)c1. The minimum absolute atomic E-state index is 0.469. The van der Waals surface area contributed by atoms with Gasteiger partial charge >= 0.3 is 7.82 Å². The van der Waals surface area contributed by atoms with Crippen LogP contribution in [-0.4, -0.2) is 14.2 Å². The van der Waals surface area contributed by atoms with Crippen molar-refractivity contribution in [1.29, 1.82) is 0 Å². The maximum absolute atomic E-state index is 11.6. The van der Waals surface area contributed by atoms with Gasteiger partial charge in [0.15, 0.2) is 0 Å². The predicted octanol–water partition coefficient (Wildman–Crippen LogP) is 2.77. The van der Waals surface area contributed by atoms with E-state index in [9.17, 15) is 4.57 Å². The number of phosphoric acid groups is 1. The van der Waals surface area contributed by atoms with Gasteiger partial charge in [-0.2, -0.15) is 0 Å². The molecule has 0 aliphatic heterocycles. The first-order valence-electron chi connectivity index (χ1n) is 4.07. The molecular formula is C9H13O4P. The van der Waals surface area contributed by atoms with Crippen molar-refractivity contribution in [2.75, 3.05) is 14.2 Å². The highest BCUT2D eigenvalue weighted by Crippen LogP contribution is 2.47. The van der Waals surface area contributed by atoms with E-state index in [2.05, 4.69) is 9.05 Å². The molecule has 0 spiro atoms. The molecular weight excluding hydrogens is 203 g/mol. The Balaban J connectivity index is 2.83. The van der Waals surface area contributed by atoms with Crippen molar-refractivity contribution in [3.05, 3.63) is 29.8 Å². The summed E-state index contributed by atoms with van der Waals surface area (Å²) in [6.45, 7) is 1.91. The highest BCUT2D eigenvalue weighted by molar-refractivity contribution is 7.48. The van der Waals surface area contributed by atoms with Gasteiger partial charge in [0.05, 0.1) is 0 Å². The predicted molar refractivity (Wildman–Crippen MR) is 53.4 cm³/mol. The Hall–Kier alpha value is -0.830. The van der Waals surface area contributed by atoms with Crippen LogP contribution in [0.5, 0.6) is 5.75 Å². The lowest BCUT2D eigenvalue weighted by Crippen LogP contribution is -1.97. The van der Waals surface area contributed by atoms with Crippen LogP contribution in [-0.2, 0) is 13.6 Å². The molecule has 78 valence electrons. The summed E-state index contributed by atoms with van der Waals surface area (Å²) in [5.74, 6) is 0.469. The van der Waals surface area contributed by atoms with E-state index in [1.54, 1.807) is 18.2 Å². The maximum atomic E-state index is 11.6. The summed E-state index contributed by atoms with van der Waals surface area (Å²) in [5, 5.41) is 0. The molecule has 0 amide bonds. The Morgan fingerprint density at radius 3 is 2.36 bits per heavy atom. The molecule has 0 radical (unpaired) electrons. The van der Waals surface area contributed by atoms with Gasteiger partial charge in [0, 0.05) is 14.2 Å². The number of rotatable bonds is 4. The highest BCUT2D eigenvalue weighted by Gasteiger charge is 2.24. The molecule has 1 aromatic rings. The molecule has 0 unspecified atom stereocenters. The van der Waals surface area contributed by atoms with E-state index in [-0.39, 0.29) is 0 Å². The Kier molecular flexibility index (Phi) is 3.69. The topological polar surface area (TPSA) is 44.8 Å². The molecule has 0 N–H and O–H groups in total. The van der Waals surface area contributed by atoms with E-state index in [1.807, 2.05) is 13.0 Å². The second-order valence-corrected chi connectivity index (χ2v) is 4.53. The summed E-state index contributed by atoms with van der Waals surface area (Å²) in [7, 11) is -0.867. The number of phosphoric ester groups is 1. The smallest absolute Gasteiger partial charge is 0.404 e. The molecule has 0 bridgehead atoms. The molecule has 0 aliphatic rings. The number of aryl methyl sites for hydroxylation is 1. The van der Waals surface area contributed by atoms with Crippen molar-refractivity contribution in [3.8, 4) is 5.75 Å². The number of hydrogen-bond acceptors (Lipinski definition) is 4. The van der Waals surface area contributed by atoms with E-state index >= 15 is 0 Å². The van der Waals surface area contributed by atoms with Gasteiger partial charge in [0.2, 0.25) is 0 Å². The Labute approximate surface area is 83.4 Å². The molecule has 0 fully saturated rings. The molecule has 5 heteroatoms. The molecule has 0 aliphatic carbocycles. The summed E-state index contributed by atoms with van der Waals surface area (Å²) in [4.78, 5) is 0. The van der Waals surface area contributed by atoms with Gasteiger partial charge in [-0.15, -0.1) is 0 Å². The molecule has 0 heterocycles. The average Bonchev–Trinajstić information content (AvgIpc) is 2.18. The minimum atomic E-state index is -3.42. The Morgan fingerprint density at radius 1 is 1.21 bits per heavy atom. The van der Waals surface area contributed by atoms with Crippen LogP contribution in [0.15, 0.2) is 24.3 Å². The fraction of sp³-hybridized carbons (Fsp3) is 0.333. The summed E-state index contributed by atoms with van der Waals surface area (Å²) in [6, 6.07) is 7.17. The van der Waals surface area contributed by atoms with Gasteiger partial charge in [0.1, 0.15) is 5.75 Å². The molecule has 1 rings (SSSR count). The van der Waals surface area contributed by atoms with Crippen LogP contribution in [0.25, 0.3) is 0 Å². The second kappa shape index (κ2) is 4.60. The summed E-state index contributed by atoms with van der Waals surface area (Å²) < 4.78 is 25.9. The van der Waals surface area contributed by atoms with E-state index in [0.29, 0.717) is 5.75 Å². The zero-order chi connectivity index (χ0) is 10.6. The van der Waals surface area contributed by atoms with Crippen LogP contribution in [0.1, 0.15) is 5.56 Å². The summed E-state index contributed by atoms with van der Waals surface area (Å²) in [5.41, 5.74) is 1.02. The van der Waals surface area contributed by atoms with E-state index in [1.165, 1.54) is 14.2 Å². The zero-order valence-electron chi connectivity index (χ0n) is 8.39. The number of hydrogen-bond donors (Lipinski definition) is 0. The third-order valence-electron chi connectivity index (χ3n) is 1.65. The maximum Gasteiger partial charge on any atom is 0.529 e. The van der Waals surface area contributed by atoms with Crippen molar-refractivity contribution in [2.24, 2.45) is 0 Å². The highest BCUT2D eigenvalue weighted by atomic mass is 31.2. The third-order valence-corrected chi connectivity index (χ3v) is 2.98. The van der Waals surface area contributed by atoms with Crippen molar-refractivity contribution in [1.82, 2.24) is 0 Å². The van der Waals surface area contributed by atoms with Gasteiger partial charge in [-0.3, -0.25) is 9.05 Å². The fourth-order valence-corrected chi connectivity index (χ4v) is 1.62. The first kappa shape index (κ1) is 11.2. The molecule has 4 nitrogen and oxygen atoms in total. The van der Waals surface area contributed by atoms with Crippen LogP contribution in [0.4, 0.5) is 0 Å². The average molecular weight is 216 g/mol. The number of benzene rings is 1.